The third-order valence-corrected chi connectivity index (χ3v) is 12.6. The van der Waals surface area contributed by atoms with Gasteiger partial charge in [-0.05, 0) is 137 Å². The van der Waals surface area contributed by atoms with Gasteiger partial charge in [0.05, 0.1) is 7.11 Å². The summed E-state index contributed by atoms with van der Waals surface area (Å²) in [4.78, 5) is 11.7. The molecule has 0 aromatic heterocycles. The van der Waals surface area contributed by atoms with Crippen LogP contribution in [0.3, 0.4) is 0 Å². The first kappa shape index (κ1) is 30.8. The second-order valence-corrected chi connectivity index (χ2v) is 15.1. The van der Waals surface area contributed by atoms with Gasteiger partial charge < -0.3 is 9.47 Å². The Bertz CT molecular complexity index is 1320. The third kappa shape index (κ3) is 4.81. The van der Waals surface area contributed by atoms with Crippen LogP contribution in [0.1, 0.15) is 86.5 Å². The Morgan fingerprint density at radius 2 is 1.20 bits per heavy atom. The second kappa shape index (κ2) is 12.1. The van der Waals surface area contributed by atoms with E-state index in [1.807, 2.05) is 7.11 Å². The predicted octanol–water partition coefficient (Wildman–Crippen LogP) is 9.61. The van der Waals surface area contributed by atoms with E-state index in [9.17, 15) is 0 Å². The lowest BCUT2D eigenvalue weighted by molar-refractivity contribution is -0.645. The van der Waals surface area contributed by atoms with Gasteiger partial charge in [0.15, 0.2) is 5.60 Å². The number of hydrogen-bond acceptors (Lipinski definition) is 4. The van der Waals surface area contributed by atoms with Gasteiger partial charge in [-0.3, -0.25) is 0 Å². The van der Waals surface area contributed by atoms with Crippen LogP contribution in [0.2, 0.25) is 0 Å². The Morgan fingerprint density at radius 3 is 1.66 bits per heavy atom. The molecular weight excluding hydrogens is 568 g/mol. The number of alkyl halides is 1. The van der Waals surface area contributed by atoms with E-state index in [4.69, 9.17) is 19.2 Å². The zero-order chi connectivity index (χ0) is 30.6. The van der Waals surface area contributed by atoms with Crippen molar-refractivity contribution in [2.24, 2.45) is 47.3 Å². The van der Waals surface area contributed by atoms with Crippen molar-refractivity contribution in [3.63, 3.8) is 0 Å². The minimum Gasteiger partial charge on any atom is -0.496 e. The fourth-order valence-corrected chi connectivity index (χ4v) is 11.5. The summed E-state index contributed by atoms with van der Waals surface area (Å²) in [6.45, 7) is 4.29. The summed E-state index contributed by atoms with van der Waals surface area (Å²) in [5, 5.41) is 0. The van der Waals surface area contributed by atoms with Crippen LogP contribution in [0.15, 0.2) is 54.1 Å². The topological polar surface area (TPSA) is 36.9 Å². The van der Waals surface area contributed by atoms with Crippen molar-refractivity contribution in [2.75, 3.05) is 20.6 Å². The van der Waals surface area contributed by atoms with Crippen LogP contribution in [-0.4, -0.2) is 26.2 Å². The third-order valence-electron chi connectivity index (χ3n) is 12.6. The van der Waals surface area contributed by atoms with Crippen LogP contribution in [0.4, 0.5) is 0 Å². The van der Waals surface area contributed by atoms with E-state index in [0.29, 0.717) is 11.8 Å². The molecule has 0 amide bonds. The number of benzene rings is 2. The number of ether oxygens (including phenoxy) is 2. The Morgan fingerprint density at radius 1 is 0.682 bits per heavy atom. The van der Waals surface area contributed by atoms with Gasteiger partial charge in [-0.25, -0.2) is 4.89 Å². The van der Waals surface area contributed by atoms with Gasteiger partial charge in [-0.1, -0.05) is 53.6 Å². The van der Waals surface area contributed by atoms with E-state index in [1.165, 1.54) is 93.0 Å². The molecule has 44 heavy (non-hydrogen) atoms. The Balaban J connectivity index is 0.000000135. The maximum Gasteiger partial charge on any atom is 0.260 e. The molecule has 1 aliphatic heterocycles. The number of halogens is 1. The van der Waals surface area contributed by atoms with Crippen LogP contribution < -0.4 is 0 Å². The van der Waals surface area contributed by atoms with Crippen molar-refractivity contribution in [3.8, 4) is 0 Å². The molecule has 238 valence electrons. The molecule has 1 unspecified atom stereocenters. The zero-order valence-electron chi connectivity index (χ0n) is 27.3. The van der Waals surface area contributed by atoms with E-state index in [2.05, 4.69) is 74.0 Å². The average molecular weight is 619 g/mol. The monoisotopic (exact) mass is 618 g/mol. The van der Waals surface area contributed by atoms with E-state index in [1.54, 1.807) is 12.7 Å². The van der Waals surface area contributed by atoms with Gasteiger partial charge in [-0.2, -0.15) is 4.89 Å². The standard InChI is InChI=1S/C19H24O3.C19H24O.CH3Cl/c1-12-4-3-5-15(6-12)19(20-2)18(21-22-19)16-8-13-7-14(10-16)11-17(18)9-13;1-12-4-3-5-15(6-12)19(20-2)18-16-8-13-7-14(10-16)11-17(18)9-13;1-2/h3-6,13-14,16-17H,7-11H2,1-2H3;3-6,13-14,16-17H,7-11H2,1-2H3;1H3. The molecular formula is C39H51ClO4. The van der Waals surface area contributed by atoms with Crippen LogP contribution in [-0.2, 0) is 25.0 Å². The second-order valence-electron chi connectivity index (χ2n) is 15.1. The summed E-state index contributed by atoms with van der Waals surface area (Å²) in [6, 6.07) is 17.3. The van der Waals surface area contributed by atoms with E-state index >= 15 is 0 Å². The largest absolute Gasteiger partial charge is 0.496 e. The van der Waals surface area contributed by atoms with Crippen molar-refractivity contribution in [3.05, 3.63) is 76.4 Å². The van der Waals surface area contributed by atoms with Crippen molar-refractivity contribution in [1.82, 2.24) is 0 Å². The molecule has 9 aliphatic rings. The first-order chi connectivity index (χ1) is 21.4. The molecule has 1 atom stereocenters. The number of allylic oxidation sites excluding steroid dienone is 1. The first-order valence-electron chi connectivity index (χ1n) is 17.1. The van der Waals surface area contributed by atoms with Crippen molar-refractivity contribution < 1.29 is 19.2 Å². The number of aryl methyl sites for hydroxylation is 2. The van der Waals surface area contributed by atoms with Gasteiger partial charge >= 0.3 is 0 Å². The number of hydrogen-bond donors (Lipinski definition) is 0. The van der Waals surface area contributed by atoms with Crippen LogP contribution in [0.5, 0.6) is 0 Å². The Kier molecular flexibility index (Phi) is 8.44. The molecule has 8 aliphatic carbocycles. The van der Waals surface area contributed by atoms with Gasteiger partial charge in [0.1, 0.15) is 5.76 Å². The van der Waals surface area contributed by atoms with Crippen LogP contribution in [0, 0.1) is 61.2 Å². The van der Waals surface area contributed by atoms with E-state index in [0.717, 1.165) is 41.1 Å². The van der Waals surface area contributed by atoms with E-state index < -0.39 is 5.79 Å². The number of rotatable bonds is 4. The molecule has 1 spiro atoms. The molecule has 11 rings (SSSR count). The highest BCUT2D eigenvalue weighted by Gasteiger charge is 2.76. The van der Waals surface area contributed by atoms with Crippen LogP contribution in [0.25, 0.3) is 5.76 Å². The zero-order valence-corrected chi connectivity index (χ0v) is 28.1. The molecule has 5 heteroatoms. The molecule has 8 saturated carbocycles. The Hall–Kier alpha value is -1.85. The van der Waals surface area contributed by atoms with Crippen molar-refractivity contribution in [2.45, 2.75) is 89.4 Å². The van der Waals surface area contributed by atoms with Crippen molar-refractivity contribution in [1.29, 1.82) is 0 Å². The molecule has 1 heterocycles. The Labute approximate surface area is 269 Å². The SMILES string of the molecule is CCl.COC(=C1C2CC3CC(C2)CC1C3)c1cccc(C)c1.COC1(c2cccc(C)c2)OOC12C1CC3CC(C1)CC2C3. The average Bonchev–Trinajstić information content (AvgIpc) is 3.00. The number of methoxy groups -OCH3 is 2. The molecule has 0 N–H and O–H groups in total. The quantitative estimate of drug-likeness (QED) is 0.194. The van der Waals surface area contributed by atoms with Gasteiger partial charge in [0.2, 0.25) is 0 Å². The maximum atomic E-state index is 6.05. The minimum absolute atomic E-state index is 0.261. The minimum atomic E-state index is -0.707. The highest BCUT2D eigenvalue weighted by Crippen LogP contribution is 2.69. The van der Waals surface area contributed by atoms with Gasteiger partial charge in [0, 0.05) is 24.6 Å². The van der Waals surface area contributed by atoms with E-state index in [-0.39, 0.29) is 5.60 Å². The summed E-state index contributed by atoms with van der Waals surface area (Å²) in [6.07, 6.45) is 15.2. The predicted molar refractivity (Wildman–Crippen MR) is 176 cm³/mol. The maximum absolute atomic E-state index is 6.05. The molecule has 4 nitrogen and oxygen atoms in total. The lowest BCUT2D eigenvalue weighted by Gasteiger charge is -2.68. The van der Waals surface area contributed by atoms with Gasteiger partial charge in [-0.15, -0.1) is 11.6 Å². The van der Waals surface area contributed by atoms with Gasteiger partial charge in [0.25, 0.3) is 5.79 Å². The summed E-state index contributed by atoms with van der Waals surface area (Å²) < 4.78 is 11.9. The summed E-state index contributed by atoms with van der Waals surface area (Å²) in [7, 11) is 3.63. The summed E-state index contributed by atoms with van der Waals surface area (Å²) in [5.41, 5.74) is 6.36. The first-order valence-corrected chi connectivity index (χ1v) is 17.9. The molecule has 9 fully saturated rings. The molecule has 8 bridgehead atoms. The normalized spacial score (nSPS) is 40.1. The molecule has 0 radical (unpaired) electrons. The fourth-order valence-electron chi connectivity index (χ4n) is 11.5. The molecule has 1 saturated heterocycles. The van der Waals surface area contributed by atoms with Crippen LogP contribution >= 0.6 is 11.6 Å². The van der Waals surface area contributed by atoms with Crippen molar-refractivity contribution >= 4 is 17.4 Å². The summed E-state index contributed by atoms with van der Waals surface area (Å²) >= 11 is 4.64. The smallest absolute Gasteiger partial charge is 0.260 e. The summed E-state index contributed by atoms with van der Waals surface area (Å²) in [5.74, 6) is 7.10. The lowest BCUT2D eigenvalue weighted by atomic mass is 9.47. The molecule has 2 aromatic carbocycles. The molecule has 2 aromatic rings. The lowest BCUT2D eigenvalue weighted by Crippen LogP contribution is -2.76. The fraction of sp³-hybridized carbons (Fsp3) is 0.641. The highest BCUT2D eigenvalue weighted by molar-refractivity contribution is 6.15. The highest BCUT2D eigenvalue weighted by atomic mass is 35.5.